The van der Waals surface area contributed by atoms with Gasteiger partial charge in [0, 0.05) is 12.4 Å². The first-order valence-electron chi connectivity index (χ1n) is 15.2. The van der Waals surface area contributed by atoms with Gasteiger partial charge in [0.05, 0.1) is 24.6 Å². The standard InChI is InChI=1S/C36H44N2O2/c1-3-5-7-9-11-25-39-33-17-13-29(14-18-33)31-21-23-37-35(27-31)36-28-32(22-24-38-36)30-15-19-34(20-16-30)40-26-12-10-8-6-4-2/h13-24,27-28H,3-12,25-26H2,1-2H3. The Morgan fingerprint density at radius 3 is 1.25 bits per heavy atom. The summed E-state index contributed by atoms with van der Waals surface area (Å²) in [5.74, 6) is 1.84. The SMILES string of the molecule is CCCCCCCOc1ccc(-c2ccnc(-c3cc(-c4ccc(OCCCCCCC)cc4)ccn3)c2)cc1. The molecule has 0 aliphatic heterocycles. The van der Waals surface area contributed by atoms with Crippen LogP contribution in [0.4, 0.5) is 0 Å². The topological polar surface area (TPSA) is 44.2 Å². The monoisotopic (exact) mass is 536 g/mol. The number of aromatic nitrogens is 2. The van der Waals surface area contributed by atoms with Crippen molar-refractivity contribution in [3.05, 3.63) is 85.2 Å². The molecule has 4 heteroatoms. The average molecular weight is 537 g/mol. The molecule has 2 aromatic carbocycles. The minimum absolute atomic E-state index is 0.777. The number of unbranched alkanes of at least 4 members (excludes halogenated alkanes) is 8. The molecule has 4 rings (SSSR count). The predicted molar refractivity (Wildman–Crippen MR) is 167 cm³/mol. The first kappa shape index (κ1) is 29.3. The molecule has 0 amide bonds. The van der Waals surface area contributed by atoms with Crippen LogP contribution >= 0.6 is 0 Å². The summed E-state index contributed by atoms with van der Waals surface area (Å²) in [6.45, 7) is 6.04. The molecule has 0 atom stereocenters. The van der Waals surface area contributed by atoms with Crippen LogP contribution in [-0.2, 0) is 0 Å². The molecular formula is C36H44N2O2. The summed E-state index contributed by atoms with van der Waals surface area (Å²) >= 11 is 0. The lowest BCUT2D eigenvalue weighted by atomic mass is 10.0. The number of hydrogen-bond donors (Lipinski definition) is 0. The molecule has 0 fully saturated rings. The zero-order valence-electron chi connectivity index (χ0n) is 24.3. The van der Waals surface area contributed by atoms with Gasteiger partial charge in [-0.25, -0.2) is 0 Å². The lowest BCUT2D eigenvalue weighted by molar-refractivity contribution is 0.304. The minimum Gasteiger partial charge on any atom is -0.494 e. The van der Waals surface area contributed by atoms with E-state index in [2.05, 4.69) is 84.5 Å². The van der Waals surface area contributed by atoms with Crippen molar-refractivity contribution in [2.24, 2.45) is 0 Å². The first-order valence-corrected chi connectivity index (χ1v) is 15.2. The van der Waals surface area contributed by atoms with Crippen LogP contribution < -0.4 is 9.47 Å². The largest absolute Gasteiger partial charge is 0.494 e. The van der Waals surface area contributed by atoms with Gasteiger partial charge < -0.3 is 9.47 Å². The molecule has 0 unspecified atom stereocenters. The van der Waals surface area contributed by atoms with Crippen LogP contribution in [0.1, 0.15) is 78.1 Å². The normalized spacial score (nSPS) is 10.9. The number of nitrogens with zero attached hydrogens (tertiary/aromatic N) is 2. The Morgan fingerprint density at radius 1 is 0.450 bits per heavy atom. The molecule has 40 heavy (non-hydrogen) atoms. The summed E-state index contributed by atoms with van der Waals surface area (Å²) < 4.78 is 11.9. The quantitative estimate of drug-likeness (QED) is 0.126. The summed E-state index contributed by atoms with van der Waals surface area (Å²) in [4.78, 5) is 9.25. The average Bonchev–Trinajstić information content (AvgIpc) is 3.01. The van der Waals surface area contributed by atoms with Crippen LogP contribution in [0.15, 0.2) is 85.2 Å². The Bertz CT molecular complexity index is 1170. The number of benzene rings is 2. The second kappa shape index (κ2) is 16.4. The van der Waals surface area contributed by atoms with E-state index in [1.54, 1.807) is 0 Å². The molecule has 4 aromatic rings. The van der Waals surface area contributed by atoms with Crippen LogP contribution in [0, 0.1) is 0 Å². The molecule has 0 aliphatic rings. The molecule has 2 aromatic heterocycles. The molecule has 0 N–H and O–H groups in total. The molecule has 0 saturated carbocycles. The van der Waals surface area contributed by atoms with Gasteiger partial charge in [0.1, 0.15) is 11.5 Å². The Labute approximate surface area is 240 Å². The molecule has 0 bridgehead atoms. The lowest BCUT2D eigenvalue weighted by Crippen LogP contribution is -1.97. The van der Waals surface area contributed by atoms with Crippen LogP contribution in [0.5, 0.6) is 11.5 Å². The van der Waals surface area contributed by atoms with E-state index in [4.69, 9.17) is 9.47 Å². The van der Waals surface area contributed by atoms with E-state index in [-0.39, 0.29) is 0 Å². The van der Waals surface area contributed by atoms with E-state index in [1.165, 1.54) is 51.4 Å². The Morgan fingerprint density at radius 2 is 0.850 bits per heavy atom. The highest BCUT2D eigenvalue weighted by Gasteiger charge is 2.08. The second-order valence-electron chi connectivity index (χ2n) is 10.4. The van der Waals surface area contributed by atoms with Crippen molar-refractivity contribution in [3.63, 3.8) is 0 Å². The van der Waals surface area contributed by atoms with Crippen molar-refractivity contribution in [3.8, 4) is 45.1 Å². The van der Waals surface area contributed by atoms with Gasteiger partial charge in [0.15, 0.2) is 0 Å². The number of pyridine rings is 2. The molecule has 0 radical (unpaired) electrons. The minimum atomic E-state index is 0.777. The fourth-order valence-electron chi connectivity index (χ4n) is 4.78. The summed E-state index contributed by atoms with van der Waals surface area (Å²) in [6.07, 6.45) is 16.1. The third kappa shape index (κ3) is 9.22. The molecule has 0 saturated heterocycles. The number of rotatable bonds is 17. The summed E-state index contributed by atoms with van der Waals surface area (Å²) in [5.41, 5.74) is 6.20. The lowest BCUT2D eigenvalue weighted by Gasteiger charge is -2.10. The molecule has 2 heterocycles. The zero-order valence-corrected chi connectivity index (χ0v) is 24.3. The molecule has 0 aliphatic carbocycles. The fourth-order valence-corrected chi connectivity index (χ4v) is 4.78. The van der Waals surface area contributed by atoms with E-state index in [1.807, 2.05) is 24.5 Å². The van der Waals surface area contributed by atoms with Gasteiger partial charge in [-0.15, -0.1) is 0 Å². The third-order valence-electron chi connectivity index (χ3n) is 7.19. The van der Waals surface area contributed by atoms with Crippen LogP contribution in [0.25, 0.3) is 33.6 Å². The summed E-state index contributed by atoms with van der Waals surface area (Å²) in [7, 11) is 0. The van der Waals surface area contributed by atoms with E-state index in [0.29, 0.717) is 0 Å². The highest BCUT2D eigenvalue weighted by Crippen LogP contribution is 2.29. The smallest absolute Gasteiger partial charge is 0.119 e. The third-order valence-corrected chi connectivity index (χ3v) is 7.19. The van der Waals surface area contributed by atoms with Gasteiger partial charge in [-0.2, -0.15) is 0 Å². The Kier molecular flexibility index (Phi) is 12.1. The van der Waals surface area contributed by atoms with Gasteiger partial charge in [0.2, 0.25) is 0 Å². The Balaban J connectivity index is 1.35. The van der Waals surface area contributed by atoms with Crippen molar-refractivity contribution in [2.75, 3.05) is 13.2 Å². The number of hydrogen-bond acceptors (Lipinski definition) is 4. The van der Waals surface area contributed by atoms with Gasteiger partial charge in [-0.3, -0.25) is 9.97 Å². The van der Waals surface area contributed by atoms with Crippen molar-refractivity contribution >= 4 is 0 Å². The maximum absolute atomic E-state index is 5.94. The molecule has 210 valence electrons. The van der Waals surface area contributed by atoms with Crippen LogP contribution in [0.3, 0.4) is 0 Å². The summed E-state index contributed by atoms with van der Waals surface area (Å²) in [5, 5.41) is 0. The fraction of sp³-hybridized carbons (Fsp3) is 0.389. The second-order valence-corrected chi connectivity index (χ2v) is 10.4. The van der Waals surface area contributed by atoms with Crippen molar-refractivity contribution in [2.45, 2.75) is 78.1 Å². The Hall–Kier alpha value is -3.66. The van der Waals surface area contributed by atoms with E-state index < -0.39 is 0 Å². The molecular weight excluding hydrogens is 492 g/mol. The summed E-state index contributed by atoms with van der Waals surface area (Å²) in [6, 6.07) is 25.0. The zero-order chi connectivity index (χ0) is 27.8. The van der Waals surface area contributed by atoms with Gasteiger partial charge >= 0.3 is 0 Å². The van der Waals surface area contributed by atoms with E-state index >= 15 is 0 Å². The van der Waals surface area contributed by atoms with E-state index in [9.17, 15) is 0 Å². The highest BCUT2D eigenvalue weighted by atomic mass is 16.5. The maximum atomic E-state index is 5.94. The molecule has 0 spiro atoms. The predicted octanol–water partition coefficient (Wildman–Crippen LogP) is 10.2. The maximum Gasteiger partial charge on any atom is 0.119 e. The van der Waals surface area contributed by atoms with Gasteiger partial charge in [-0.05, 0) is 83.6 Å². The van der Waals surface area contributed by atoms with Gasteiger partial charge in [-0.1, -0.05) is 89.5 Å². The highest BCUT2D eigenvalue weighted by molar-refractivity contribution is 5.73. The van der Waals surface area contributed by atoms with Gasteiger partial charge in [0.25, 0.3) is 0 Å². The van der Waals surface area contributed by atoms with E-state index in [0.717, 1.165) is 71.2 Å². The van der Waals surface area contributed by atoms with Crippen LogP contribution in [-0.4, -0.2) is 23.2 Å². The van der Waals surface area contributed by atoms with Crippen LogP contribution in [0.2, 0.25) is 0 Å². The van der Waals surface area contributed by atoms with Crippen molar-refractivity contribution in [1.82, 2.24) is 9.97 Å². The van der Waals surface area contributed by atoms with Crippen molar-refractivity contribution < 1.29 is 9.47 Å². The number of ether oxygens (including phenoxy) is 2. The first-order chi connectivity index (χ1) is 19.8. The van der Waals surface area contributed by atoms with Crippen molar-refractivity contribution in [1.29, 1.82) is 0 Å². The molecule has 4 nitrogen and oxygen atoms in total.